The Morgan fingerprint density at radius 2 is 2.13 bits per heavy atom. The van der Waals surface area contributed by atoms with Gasteiger partial charge in [-0.15, -0.1) is 11.3 Å². The highest BCUT2D eigenvalue weighted by Crippen LogP contribution is 2.34. The molecule has 0 spiro atoms. The van der Waals surface area contributed by atoms with Gasteiger partial charge in [-0.05, 0) is 42.9 Å². The Labute approximate surface area is 140 Å². The van der Waals surface area contributed by atoms with Crippen LogP contribution in [0, 0.1) is 5.92 Å². The second kappa shape index (κ2) is 6.62. The monoisotopic (exact) mass is 331 g/mol. The molecule has 23 heavy (non-hydrogen) atoms. The number of hydrogen-bond donors (Lipinski definition) is 1. The van der Waals surface area contributed by atoms with Gasteiger partial charge in [-0.2, -0.15) is 0 Å². The summed E-state index contributed by atoms with van der Waals surface area (Å²) in [4.78, 5) is 14.0. The van der Waals surface area contributed by atoms with Crippen molar-refractivity contribution in [2.24, 2.45) is 5.92 Å². The molecule has 1 aromatic heterocycles. The summed E-state index contributed by atoms with van der Waals surface area (Å²) < 4.78 is 10.5. The van der Waals surface area contributed by atoms with E-state index in [9.17, 15) is 4.79 Å². The van der Waals surface area contributed by atoms with Crippen LogP contribution in [0.1, 0.15) is 34.1 Å². The van der Waals surface area contributed by atoms with Crippen molar-refractivity contribution >= 4 is 22.9 Å². The van der Waals surface area contributed by atoms with Crippen LogP contribution in [0.15, 0.2) is 23.6 Å². The second-order valence-electron chi connectivity index (χ2n) is 5.92. The first-order valence-electron chi connectivity index (χ1n) is 7.75. The number of nitrogens with one attached hydrogen (secondary N) is 1. The summed E-state index contributed by atoms with van der Waals surface area (Å²) in [5.74, 6) is 1.93. The summed E-state index contributed by atoms with van der Waals surface area (Å²) in [7, 11) is 3.18. The molecule has 0 aliphatic heterocycles. The molecule has 1 aromatic carbocycles. The van der Waals surface area contributed by atoms with Crippen LogP contribution in [0.3, 0.4) is 0 Å². The van der Waals surface area contributed by atoms with E-state index in [1.807, 2.05) is 11.4 Å². The minimum Gasteiger partial charge on any atom is -0.497 e. The van der Waals surface area contributed by atoms with E-state index in [4.69, 9.17) is 9.47 Å². The normalized spacial score (nSPS) is 16.6. The SMILES string of the molecule is COc1ccc(NC(=O)c2csc3c2CCC(C)C3)c(OC)c1. The molecule has 1 amide bonds. The number of thiophene rings is 1. The van der Waals surface area contributed by atoms with Gasteiger partial charge < -0.3 is 14.8 Å². The smallest absolute Gasteiger partial charge is 0.256 e. The second-order valence-corrected chi connectivity index (χ2v) is 6.88. The van der Waals surface area contributed by atoms with Crippen LogP contribution >= 0.6 is 11.3 Å². The van der Waals surface area contributed by atoms with Gasteiger partial charge in [0, 0.05) is 16.3 Å². The Kier molecular flexibility index (Phi) is 4.57. The summed E-state index contributed by atoms with van der Waals surface area (Å²) in [6, 6.07) is 5.37. The zero-order valence-electron chi connectivity index (χ0n) is 13.6. The Hall–Kier alpha value is -2.01. The first-order chi connectivity index (χ1) is 11.1. The molecule has 2 aromatic rings. The number of carbonyl (C=O) groups excluding carboxylic acids is 1. The quantitative estimate of drug-likeness (QED) is 0.916. The van der Waals surface area contributed by atoms with E-state index in [0.717, 1.165) is 24.8 Å². The first-order valence-corrected chi connectivity index (χ1v) is 8.63. The van der Waals surface area contributed by atoms with Crippen molar-refractivity contribution in [3.8, 4) is 11.5 Å². The van der Waals surface area contributed by atoms with E-state index < -0.39 is 0 Å². The number of carbonyl (C=O) groups is 1. The van der Waals surface area contributed by atoms with Crippen molar-refractivity contribution in [2.45, 2.75) is 26.2 Å². The Morgan fingerprint density at radius 3 is 2.87 bits per heavy atom. The molecule has 3 rings (SSSR count). The number of methoxy groups -OCH3 is 2. The predicted molar refractivity (Wildman–Crippen MR) is 93.0 cm³/mol. The Bertz CT molecular complexity index is 723. The molecule has 1 aliphatic rings. The maximum atomic E-state index is 12.7. The van der Waals surface area contributed by atoms with E-state index >= 15 is 0 Å². The van der Waals surface area contributed by atoms with Crippen LogP contribution in [0.2, 0.25) is 0 Å². The van der Waals surface area contributed by atoms with Crippen molar-refractivity contribution in [1.82, 2.24) is 0 Å². The van der Waals surface area contributed by atoms with Crippen molar-refractivity contribution in [3.05, 3.63) is 39.6 Å². The minimum absolute atomic E-state index is 0.0690. The van der Waals surface area contributed by atoms with Gasteiger partial charge in [-0.25, -0.2) is 0 Å². The minimum atomic E-state index is -0.0690. The summed E-state index contributed by atoms with van der Waals surface area (Å²) >= 11 is 1.70. The van der Waals surface area contributed by atoms with Gasteiger partial charge in [0.1, 0.15) is 11.5 Å². The number of ether oxygens (including phenoxy) is 2. The van der Waals surface area contributed by atoms with Gasteiger partial charge in [0.2, 0.25) is 0 Å². The highest BCUT2D eigenvalue weighted by atomic mass is 32.1. The van der Waals surface area contributed by atoms with E-state index in [1.54, 1.807) is 37.7 Å². The fourth-order valence-corrected chi connectivity index (χ4v) is 4.20. The highest BCUT2D eigenvalue weighted by Gasteiger charge is 2.23. The topological polar surface area (TPSA) is 47.6 Å². The van der Waals surface area contributed by atoms with Crippen LogP contribution in [0.4, 0.5) is 5.69 Å². The first kappa shape index (κ1) is 15.9. The molecule has 0 saturated carbocycles. The standard InChI is InChI=1S/C18H21NO3S/c1-11-4-6-13-14(10-23-17(13)8-11)18(20)19-15-7-5-12(21-2)9-16(15)22-3/h5,7,9-11H,4,6,8H2,1-3H3,(H,19,20). The van der Waals surface area contributed by atoms with Crippen LogP contribution in [0.5, 0.6) is 11.5 Å². The zero-order chi connectivity index (χ0) is 16.4. The molecule has 1 aliphatic carbocycles. The third-order valence-electron chi connectivity index (χ3n) is 4.30. The Morgan fingerprint density at radius 1 is 1.30 bits per heavy atom. The van der Waals surface area contributed by atoms with Crippen molar-refractivity contribution in [2.75, 3.05) is 19.5 Å². The number of benzene rings is 1. The number of hydrogen-bond acceptors (Lipinski definition) is 4. The summed E-state index contributed by atoms with van der Waals surface area (Å²) in [5.41, 5.74) is 2.68. The molecule has 0 bridgehead atoms. The summed E-state index contributed by atoms with van der Waals surface area (Å²) in [6.07, 6.45) is 3.22. The molecule has 4 nitrogen and oxygen atoms in total. The lowest BCUT2D eigenvalue weighted by Gasteiger charge is -2.19. The lowest BCUT2D eigenvalue weighted by atomic mass is 9.88. The molecule has 0 fully saturated rings. The van der Waals surface area contributed by atoms with Crippen LogP contribution in [-0.4, -0.2) is 20.1 Å². The average molecular weight is 331 g/mol. The molecule has 122 valence electrons. The average Bonchev–Trinajstić information content (AvgIpc) is 2.98. The van der Waals surface area contributed by atoms with Gasteiger partial charge in [0.05, 0.1) is 25.5 Å². The van der Waals surface area contributed by atoms with E-state index in [0.29, 0.717) is 23.1 Å². The van der Waals surface area contributed by atoms with Crippen LogP contribution in [0.25, 0.3) is 0 Å². The fourth-order valence-electron chi connectivity index (χ4n) is 2.96. The maximum Gasteiger partial charge on any atom is 0.256 e. The van der Waals surface area contributed by atoms with Crippen molar-refractivity contribution in [1.29, 1.82) is 0 Å². The van der Waals surface area contributed by atoms with Gasteiger partial charge in [-0.1, -0.05) is 6.92 Å². The predicted octanol–water partition coefficient (Wildman–Crippen LogP) is 4.14. The van der Waals surface area contributed by atoms with Gasteiger partial charge >= 0.3 is 0 Å². The number of anilines is 1. The van der Waals surface area contributed by atoms with Crippen LogP contribution < -0.4 is 14.8 Å². The Balaban J connectivity index is 1.83. The molecular formula is C18H21NO3S. The summed E-state index contributed by atoms with van der Waals surface area (Å²) in [5, 5.41) is 4.94. The number of amides is 1. The van der Waals surface area contributed by atoms with E-state index in [2.05, 4.69) is 12.2 Å². The van der Waals surface area contributed by atoms with Gasteiger partial charge in [0.25, 0.3) is 5.91 Å². The van der Waals surface area contributed by atoms with Gasteiger partial charge in [-0.3, -0.25) is 4.79 Å². The lowest BCUT2D eigenvalue weighted by Crippen LogP contribution is -2.16. The number of rotatable bonds is 4. The fraction of sp³-hybridized carbons (Fsp3) is 0.389. The molecule has 1 heterocycles. The molecule has 1 unspecified atom stereocenters. The van der Waals surface area contributed by atoms with E-state index in [1.165, 1.54) is 10.4 Å². The largest absolute Gasteiger partial charge is 0.497 e. The zero-order valence-corrected chi connectivity index (χ0v) is 14.5. The summed E-state index contributed by atoms with van der Waals surface area (Å²) in [6.45, 7) is 2.27. The number of fused-ring (bicyclic) bond motifs is 1. The third kappa shape index (κ3) is 3.20. The molecule has 1 atom stereocenters. The molecule has 0 saturated heterocycles. The highest BCUT2D eigenvalue weighted by molar-refractivity contribution is 7.10. The lowest BCUT2D eigenvalue weighted by molar-refractivity contribution is 0.102. The molecular weight excluding hydrogens is 310 g/mol. The molecule has 1 N–H and O–H groups in total. The maximum absolute atomic E-state index is 12.7. The third-order valence-corrected chi connectivity index (χ3v) is 5.35. The van der Waals surface area contributed by atoms with Gasteiger partial charge in [0.15, 0.2) is 0 Å². The van der Waals surface area contributed by atoms with Crippen molar-refractivity contribution < 1.29 is 14.3 Å². The van der Waals surface area contributed by atoms with E-state index in [-0.39, 0.29) is 5.91 Å². The molecule has 5 heteroatoms. The molecule has 0 radical (unpaired) electrons. The van der Waals surface area contributed by atoms with Crippen LogP contribution in [-0.2, 0) is 12.8 Å². The van der Waals surface area contributed by atoms with Crippen molar-refractivity contribution in [3.63, 3.8) is 0 Å².